The summed E-state index contributed by atoms with van der Waals surface area (Å²) in [5.74, 6) is -0.339. The van der Waals surface area contributed by atoms with Gasteiger partial charge in [-0.1, -0.05) is 0 Å². The molecule has 45 heavy (non-hydrogen) atoms. The quantitative estimate of drug-likeness (QED) is 0.111. The normalized spacial score (nSPS) is 30.3. The van der Waals surface area contributed by atoms with Crippen molar-refractivity contribution in [3.63, 3.8) is 0 Å². The lowest BCUT2D eigenvalue weighted by Crippen LogP contribution is -2.34. The van der Waals surface area contributed by atoms with Crippen LogP contribution < -0.4 is 17.0 Å². The van der Waals surface area contributed by atoms with Gasteiger partial charge in [0.15, 0.2) is 53.5 Å². The minimum Gasteiger partial charge on any atom is -0.394 e. The third kappa shape index (κ3) is 5.78. The molecule has 0 spiro atoms. The molecule has 2 fully saturated rings. The summed E-state index contributed by atoms with van der Waals surface area (Å²) in [4.78, 5) is 53.9. The first-order chi connectivity index (χ1) is 21.4. The Morgan fingerprint density at radius 1 is 1.02 bits per heavy atom. The number of fused-ring (bicyclic) bond motifs is 2. The van der Waals surface area contributed by atoms with E-state index in [1.807, 2.05) is 0 Å². The van der Waals surface area contributed by atoms with Gasteiger partial charge in [0, 0.05) is 4.57 Å². The number of rotatable bonds is 10. The molecule has 2 saturated heterocycles. The van der Waals surface area contributed by atoms with Crippen molar-refractivity contribution in [3.05, 3.63) is 29.3 Å². The molecular weight excluding hydrogens is 656 g/mol. The molecule has 4 aromatic heterocycles. The van der Waals surface area contributed by atoms with E-state index in [0.717, 1.165) is 28.1 Å². The van der Waals surface area contributed by atoms with Gasteiger partial charge in [0.25, 0.3) is 5.56 Å². The number of aromatic amines is 1. The molecule has 21 nitrogen and oxygen atoms in total. The number of anilines is 2. The molecule has 2 aliphatic heterocycles. The molecule has 0 radical (unpaired) electrons. The summed E-state index contributed by atoms with van der Waals surface area (Å²) in [5.41, 5.74) is 10.4. The average Bonchev–Trinajstić information content (AvgIpc) is 3.73. The first kappa shape index (κ1) is 31.4. The number of nitrogens with zero attached hydrogens (tertiary/aromatic N) is 7. The summed E-state index contributed by atoms with van der Waals surface area (Å²) < 4.78 is 83.5. The molecule has 0 aromatic carbocycles. The molecular formula is C20H23F2N10O11P2+. The number of imidazole rings is 2. The van der Waals surface area contributed by atoms with E-state index in [4.69, 9.17) is 34.5 Å². The third-order valence-electron chi connectivity index (χ3n) is 6.97. The fourth-order valence-electron chi connectivity index (χ4n) is 5.00. The Bertz CT molecular complexity index is 1860. The summed E-state index contributed by atoms with van der Waals surface area (Å²) in [6.07, 6.45) is -11.3. The maximum Gasteiger partial charge on any atom is 0.695 e. The van der Waals surface area contributed by atoms with Gasteiger partial charge in [-0.05, 0) is 0 Å². The molecule has 10 atom stereocenters. The standard InChI is InChI=1S/C20H22F2N10O11P2/c21-8-6(1-33)40-19(32-5-28-11-16(32)29-20(24)30-17(11)34)13(8)43-45(37,38)39-2-7-12(42-44(35)36)9(22)18(41-7)31-4-27-10-14(23)25-3-26-15(10)31/h3-9,12-13,18-19,33H,1-2H2,(H6-,23,24,25,26,29,30,34,35,36,37,38)/p+1/t6-,7-,8?,9?,12?,13?,18-,19-/m1/s1. The zero-order valence-corrected chi connectivity index (χ0v) is 24.1. The second-order valence-electron chi connectivity index (χ2n) is 9.70. The average molecular weight is 679 g/mol. The van der Waals surface area contributed by atoms with Gasteiger partial charge in [-0.15, -0.1) is 9.42 Å². The minimum absolute atomic E-state index is 0.0183. The van der Waals surface area contributed by atoms with Gasteiger partial charge in [-0.2, -0.15) is 4.98 Å². The fourth-order valence-corrected chi connectivity index (χ4v) is 6.38. The van der Waals surface area contributed by atoms with Crippen molar-refractivity contribution in [2.24, 2.45) is 0 Å². The molecule has 0 bridgehead atoms. The van der Waals surface area contributed by atoms with Crippen LogP contribution in [-0.4, -0.2) is 104 Å². The number of hydrogen-bond acceptors (Lipinski definition) is 16. The van der Waals surface area contributed by atoms with Crippen molar-refractivity contribution in [2.45, 2.75) is 49.2 Å². The number of aromatic nitrogens is 8. The minimum atomic E-state index is -5.29. The number of alkyl halides is 2. The second-order valence-corrected chi connectivity index (χ2v) is 11.8. The molecule has 6 rings (SSSR count). The highest BCUT2D eigenvalue weighted by Gasteiger charge is 2.54. The Labute approximate surface area is 248 Å². The van der Waals surface area contributed by atoms with Gasteiger partial charge < -0.3 is 30.9 Å². The number of phosphoric ester groups is 1. The summed E-state index contributed by atoms with van der Waals surface area (Å²) in [5, 5.41) is 9.60. The van der Waals surface area contributed by atoms with Crippen LogP contribution in [0.1, 0.15) is 12.5 Å². The molecule has 2 aliphatic rings. The number of halogens is 2. The van der Waals surface area contributed by atoms with Crippen molar-refractivity contribution in [1.82, 2.24) is 39.0 Å². The zero-order valence-electron chi connectivity index (χ0n) is 22.3. The van der Waals surface area contributed by atoms with E-state index >= 15 is 8.78 Å². The van der Waals surface area contributed by atoms with Gasteiger partial charge in [0.2, 0.25) is 5.95 Å². The molecule has 242 valence electrons. The van der Waals surface area contributed by atoms with Crippen LogP contribution in [0.25, 0.3) is 22.3 Å². The second kappa shape index (κ2) is 11.9. The Balaban J connectivity index is 1.22. The lowest BCUT2D eigenvalue weighted by atomic mass is 10.1. The molecule has 4 aromatic rings. The van der Waals surface area contributed by atoms with Crippen molar-refractivity contribution in [2.75, 3.05) is 24.7 Å². The van der Waals surface area contributed by atoms with E-state index < -0.39 is 84.1 Å². The van der Waals surface area contributed by atoms with E-state index in [0.29, 0.717) is 0 Å². The predicted octanol–water partition coefficient (Wildman–Crippen LogP) is -0.876. The van der Waals surface area contributed by atoms with Crippen molar-refractivity contribution >= 4 is 50.2 Å². The highest BCUT2D eigenvalue weighted by Crippen LogP contribution is 2.51. The topological polar surface area (TPSA) is 300 Å². The lowest BCUT2D eigenvalue weighted by Gasteiger charge is -2.24. The van der Waals surface area contributed by atoms with Gasteiger partial charge in [0.05, 0.1) is 25.9 Å². The number of nitrogens with one attached hydrogen (secondary N) is 1. The van der Waals surface area contributed by atoms with Gasteiger partial charge in [-0.3, -0.25) is 28.0 Å². The Hall–Kier alpha value is -3.63. The van der Waals surface area contributed by atoms with E-state index in [1.165, 1.54) is 0 Å². The Morgan fingerprint density at radius 2 is 1.71 bits per heavy atom. The van der Waals surface area contributed by atoms with Crippen LogP contribution in [0.5, 0.6) is 0 Å². The smallest absolute Gasteiger partial charge is 0.394 e. The van der Waals surface area contributed by atoms with Crippen LogP contribution in [0, 0.1) is 0 Å². The number of phosphoric acid groups is 1. The highest BCUT2D eigenvalue weighted by atomic mass is 31.2. The predicted molar refractivity (Wildman–Crippen MR) is 142 cm³/mol. The molecule has 6 heterocycles. The van der Waals surface area contributed by atoms with Crippen LogP contribution in [0.3, 0.4) is 0 Å². The van der Waals surface area contributed by atoms with Crippen LogP contribution in [-0.2, 0) is 32.2 Å². The van der Waals surface area contributed by atoms with E-state index in [9.17, 15) is 28.8 Å². The molecule has 6 unspecified atom stereocenters. The number of ether oxygens (including phenoxy) is 2. The van der Waals surface area contributed by atoms with Gasteiger partial charge in [-0.25, -0.2) is 33.3 Å². The van der Waals surface area contributed by atoms with Crippen LogP contribution >= 0.6 is 16.1 Å². The van der Waals surface area contributed by atoms with E-state index in [1.54, 1.807) is 0 Å². The monoisotopic (exact) mass is 679 g/mol. The number of H-pyrrole nitrogens is 1. The van der Waals surface area contributed by atoms with Crippen LogP contribution in [0.4, 0.5) is 20.5 Å². The Morgan fingerprint density at radius 3 is 2.42 bits per heavy atom. The maximum atomic E-state index is 15.6. The third-order valence-corrected chi connectivity index (χ3v) is 8.37. The van der Waals surface area contributed by atoms with E-state index in [2.05, 4.69) is 29.9 Å². The lowest BCUT2D eigenvalue weighted by molar-refractivity contribution is -0.0589. The number of hydrogen-bond donors (Lipinski definition) is 6. The molecule has 0 aliphatic carbocycles. The first-order valence-corrected chi connectivity index (χ1v) is 15.3. The van der Waals surface area contributed by atoms with Gasteiger partial charge in [0.1, 0.15) is 30.2 Å². The number of aliphatic hydroxyl groups is 1. The van der Waals surface area contributed by atoms with Crippen molar-refractivity contribution in [3.8, 4) is 0 Å². The summed E-state index contributed by atoms with van der Waals surface area (Å²) in [6.45, 7) is -1.84. The summed E-state index contributed by atoms with van der Waals surface area (Å²) in [7, 11) is -8.68. The fraction of sp³-hybridized carbons (Fsp3) is 0.500. The summed E-state index contributed by atoms with van der Waals surface area (Å²) >= 11 is 0. The van der Waals surface area contributed by atoms with Gasteiger partial charge >= 0.3 is 16.1 Å². The molecule has 8 N–H and O–H groups in total. The maximum absolute atomic E-state index is 15.6. The molecule has 25 heteroatoms. The SMILES string of the molecule is Nc1nc2c(ncn2[C@@H]2O[C@H](CO)C(F)C2OP(=O)(O)OC[C@H]2O[C@@H](n3cnc4c(N)ncnc43)C(F)C2O[P+](=O)O)c(=O)[nH]1. The van der Waals surface area contributed by atoms with Crippen molar-refractivity contribution in [1.29, 1.82) is 0 Å². The zero-order chi connectivity index (χ0) is 32.2. The van der Waals surface area contributed by atoms with Crippen LogP contribution in [0.2, 0.25) is 0 Å². The van der Waals surface area contributed by atoms with Crippen molar-refractivity contribution < 1.29 is 55.8 Å². The number of nitrogen functional groups attached to an aromatic ring is 2. The first-order valence-electron chi connectivity index (χ1n) is 12.7. The van der Waals surface area contributed by atoms with Crippen LogP contribution in [0.15, 0.2) is 23.8 Å². The molecule has 0 saturated carbocycles. The molecule has 0 amide bonds. The highest BCUT2D eigenvalue weighted by molar-refractivity contribution is 7.47. The Kier molecular flexibility index (Phi) is 8.33. The largest absolute Gasteiger partial charge is 0.695 e. The van der Waals surface area contributed by atoms with E-state index in [-0.39, 0.29) is 34.1 Å². The number of nitrogens with two attached hydrogens (primary N) is 2. The number of aliphatic hydroxyl groups excluding tert-OH is 1. The summed E-state index contributed by atoms with van der Waals surface area (Å²) in [6, 6.07) is 0.